The van der Waals surface area contributed by atoms with Gasteiger partial charge in [0.1, 0.15) is 5.82 Å². The van der Waals surface area contributed by atoms with Crippen LogP contribution < -0.4 is 5.32 Å². The first-order valence-corrected chi connectivity index (χ1v) is 9.34. The minimum absolute atomic E-state index is 0.0563. The predicted molar refractivity (Wildman–Crippen MR) is 100 cm³/mol. The van der Waals surface area contributed by atoms with Crippen molar-refractivity contribution in [2.24, 2.45) is 5.92 Å². The van der Waals surface area contributed by atoms with Gasteiger partial charge in [-0.25, -0.2) is 9.48 Å². The maximum Gasteiger partial charge on any atom is 0.323 e. The Balaban J connectivity index is 1.43. The van der Waals surface area contributed by atoms with E-state index in [1.807, 2.05) is 15.6 Å². The number of aromatic nitrogens is 2. The van der Waals surface area contributed by atoms with Crippen LogP contribution in [0, 0.1) is 19.8 Å². The fraction of sp³-hybridized carbons (Fsp3) is 0.500. The van der Waals surface area contributed by atoms with Gasteiger partial charge >= 0.3 is 6.03 Å². The molecule has 0 aliphatic carbocycles. The van der Waals surface area contributed by atoms with E-state index in [1.54, 1.807) is 6.20 Å². The normalized spacial score (nSPS) is 19.5. The van der Waals surface area contributed by atoms with Crippen LogP contribution >= 0.6 is 0 Å². The number of ether oxygens (including phenoxy) is 1. The maximum absolute atomic E-state index is 12.8. The van der Waals surface area contributed by atoms with E-state index in [0.717, 1.165) is 45.0 Å². The van der Waals surface area contributed by atoms with Crippen LogP contribution in [0.3, 0.4) is 0 Å². The van der Waals surface area contributed by atoms with Crippen molar-refractivity contribution in [1.29, 1.82) is 0 Å². The second-order valence-electron chi connectivity index (χ2n) is 7.45. The monoisotopic (exact) mass is 354 g/mol. The highest BCUT2D eigenvalue weighted by Gasteiger charge is 2.23. The molecule has 1 aromatic heterocycles. The molecule has 6 nitrogen and oxygen atoms in total. The van der Waals surface area contributed by atoms with Gasteiger partial charge in [0.15, 0.2) is 0 Å². The summed E-state index contributed by atoms with van der Waals surface area (Å²) in [6, 6.07) is 6.23. The van der Waals surface area contributed by atoms with E-state index in [2.05, 4.69) is 36.4 Å². The first kappa shape index (κ1) is 17.1. The van der Waals surface area contributed by atoms with Crippen molar-refractivity contribution in [2.75, 3.05) is 25.1 Å². The van der Waals surface area contributed by atoms with Gasteiger partial charge in [0.25, 0.3) is 0 Å². The first-order valence-electron chi connectivity index (χ1n) is 9.34. The van der Waals surface area contributed by atoms with E-state index in [9.17, 15) is 4.79 Å². The van der Waals surface area contributed by atoms with Gasteiger partial charge < -0.3 is 9.64 Å². The molecule has 1 N–H and O–H groups in total. The number of rotatable bonds is 3. The number of urea groups is 1. The summed E-state index contributed by atoms with van der Waals surface area (Å²) in [7, 11) is 0. The zero-order valence-corrected chi connectivity index (χ0v) is 15.5. The highest BCUT2D eigenvalue weighted by atomic mass is 16.5. The van der Waals surface area contributed by atoms with Crippen molar-refractivity contribution in [3.05, 3.63) is 46.6 Å². The van der Waals surface area contributed by atoms with E-state index < -0.39 is 0 Å². The average Bonchev–Trinajstić information content (AvgIpc) is 3.27. The summed E-state index contributed by atoms with van der Waals surface area (Å²) in [5.41, 5.74) is 5.24. The summed E-state index contributed by atoms with van der Waals surface area (Å²) < 4.78 is 7.32. The highest BCUT2D eigenvalue weighted by Crippen LogP contribution is 2.24. The third kappa shape index (κ3) is 3.46. The number of fused-ring (bicyclic) bond motifs is 1. The molecule has 2 aliphatic rings. The number of nitrogens with zero attached hydrogens (tertiary/aromatic N) is 3. The van der Waals surface area contributed by atoms with Crippen molar-refractivity contribution in [3.8, 4) is 0 Å². The number of hydrogen-bond acceptors (Lipinski definition) is 3. The standard InChI is InChI=1S/C20H26N4O2/c1-14-9-15(2)18-4-7-23(12-17(18)10-14)20(25)22-19-3-6-21-24(19)11-16-5-8-26-13-16/h3,6,9-10,16H,4-5,7-8,11-13H2,1-2H3,(H,22,25). The van der Waals surface area contributed by atoms with Gasteiger partial charge in [-0.2, -0.15) is 5.10 Å². The van der Waals surface area contributed by atoms with Gasteiger partial charge in [-0.1, -0.05) is 17.7 Å². The number of amides is 2. The minimum atomic E-state index is -0.0563. The summed E-state index contributed by atoms with van der Waals surface area (Å²) in [5.74, 6) is 1.23. The molecule has 0 saturated carbocycles. The lowest BCUT2D eigenvalue weighted by Crippen LogP contribution is -2.39. The summed E-state index contributed by atoms with van der Waals surface area (Å²) in [6.45, 7) is 8.05. The van der Waals surface area contributed by atoms with Crippen molar-refractivity contribution in [2.45, 2.75) is 39.8 Å². The summed E-state index contributed by atoms with van der Waals surface area (Å²) in [4.78, 5) is 14.7. The Labute approximate surface area is 154 Å². The summed E-state index contributed by atoms with van der Waals surface area (Å²) >= 11 is 0. The Bertz CT molecular complexity index is 808. The first-order chi connectivity index (χ1) is 12.6. The fourth-order valence-electron chi connectivity index (χ4n) is 4.03. The molecule has 3 heterocycles. The quantitative estimate of drug-likeness (QED) is 0.921. The third-order valence-corrected chi connectivity index (χ3v) is 5.40. The Kier molecular flexibility index (Phi) is 4.68. The van der Waals surface area contributed by atoms with Gasteiger partial charge in [0.2, 0.25) is 0 Å². The number of anilines is 1. The second kappa shape index (κ2) is 7.11. The van der Waals surface area contributed by atoms with Crippen molar-refractivity contribution in [3.63, 3.8) is 0 Å². The molecule has 1 atom stereocenters. The molecule has 1 aromatic carbocycles. The number of carbonyl (C=O) groups excluding carboxylic acids is 1. The molecule has 0 spiro atoms. The van der Waals surface area contributed by atoms with Crippen LogP contribution in [0.5, 0.6) is 0 Å². The van der Waals surface area contributed by atoms with Crippen LogP contribution in [0.1, 0.15) is 28.7 Å². The van der Waals surface area contributed by atoms with Crippen LogP contribution in [-0.4, -0.2) is 40.5 Å². The molecule has 26 heavy (non-hydrogen) atoms. The van der Waals surface area contributed by atoms with E-state index in [0.29, 0.717) is 12.5 Å². The highest BCUT2D eigenvalue weighted by molar-refractivity contribution is 5.88. The van der Waals surface area contributed by atoms with Crippen molar-refractivity contribution in [1.82, 2.24) is 14.7 Å². The van der Waals surface area contributed by atoms with Gasteiger partial charge in [0.05, 0.1) is 12.8 Å². The molecule has 1 unspecified atom stereocenters. The van der Waals surface area contributed by atoms with Gasteiger partial charge in [-0.05, 0) is 43.4 Å². The van der Waals surface area contributed by atoms with Crippen LogP contribution in [-0.2, 0) is 24.2 Å². The lowest BCUT2D eigenvalue weighted by Gasteiger charge is -2.30. The molecular formula is C20H26N4O2. The lowest BCUT2D eigenvalue weighted by molar-refractivity contribution is 0.181. The maximum atomic E-state index is 12.8. The predicted octanol–water partition coefficient (Wildman–Crippen LogP) is 3.13. The number of nitrogens with one attached hydrogen (secondary N) is 1. The molecule has 1 saturated heterocycles. The molecule has 6 heteroatoms. The fourth-order valence-corrected chi connectivity index (χ4v) is 4.03. The smallest absolute Gasteiger partial charge is 0.323 e. The van der Waals surface area contributed by atoms with E-state index in [4.69, 9.17) is 4.74 Å². The van der Waals surface area contributed by atoms with Crippen molar-refractivity contribution >= 4 is 11.8 Å². The topological polar surface area (TPSA) is 59.4 Å². The lowest BCUT2D eigenvalue weighted by atomic mass is 9.93. The Morgan fingerprint density at radius 2 is 2.27 bits per heavy atom. The van der Waals surface area contributed by atoms with Crippen LogP contribution in [0.15, 0.2) is 24.4 Å². The number of aryl methyl sites for hydroxylation is 2. The van der Waals surface area contributed by atoms with Crippen molar-refractivity contribution < 1.29 is 9.53 Å². The van der Waals surface area contributed by atoms with Gasteiger partial charge in [0, 0.05) is 38.2 Å². The SMILES string of the molecule is Cc1cc(C)c2c(c1)CN(C(=O)Nc1ccnn1CC1CCOC1)CC2. The summed E-state index contributed by atoms with van der Waals surface area (Å²) in [6.07, 6.45) is 3.70. The number of hydrogen-bond donors (Lipinski definition) is 1. The number of benzene rings is 1. The molecule has 2 amide bonds. The molecule has 2 aliphatic heterocycles. The molecule has 0 radical (unpaired) electrons. The Morgan fingerprint density at radius 1 is 1.38 bits per heavy atom. The van der Waals surface area contributed by atoms with Gasteiger partial charge in [-0.3, -0.25) is 5.32 Å². The number of carbonyl (C=O) groups is 1. The van der Waals surface area contributed by atoms with Crippen LogP contribution in [0.4, 0.5) is 10.6 Å². The van der Waals surface area contributed by atoms with E-state index in [1.165, 1.54) is 22.3 Å². The average molecular weight is 354 g/mol. The molecule has 4 rings (SSSR count). The van der Waals surface area contributed by atoms with E-state index in [-0.39, 0.29) is 6.03 Å². The second-order valence-corrected chi connectivity index (χ2v) is 7.45. The van der Waals surface area contributed by atoms with Crippen LogP contribution in [0.25, 0.3) is 0 Å². The molecule has 0 bridgehead atoms. The Hall–Kier alpha value is -2.34. The molecule has 138 valence electrons. The van der Waals surface area contributed by atoms with E-state index >= 15 is 0 Å². The zero-order valence-electron chi connectivity index (χ0n) is 15.5. The van der Waals surface area contributed by atoms with Crippen LogP contribution in [0.2, 0.25) is 0 Å². The minimum Gasteiger partial charge on any atom is -0.381 e. The largest absolute Gasteiger partial charge is 0.381 e. The molecular weight excluding hydrogens is 328 g/mol. The Morgan fingerprint density at radius 3 is 3.08 bits per heavy atom. The molecule has 2 aromatic rings. The molecule has 1 fully saturated rings. The zero-order chi connectivity index (χ0) is 18.1. The summed E-state index contributed by atoms with van der Waals surface area (Å²) in [5, 5.41) is 7.41. The third-order valence-electron chi connectivity index (χ3n) is 5.40. The van der Waals surface area contributed by atoms with Gasteiger partial charge in [-0.15, -0.1) is 0 Å².